The standard InChI is InChI=1S/C11H10N6O2/c12-6-8-5-9(17(18)19)7-16-11(8)15-2-1-10-13-3-4-14-10/h3-5,7H,1-2H2,(H,13,14)(H,15,16). The third kappa shape index (κ3) is 3.04. The lowest BCUT2D eigenvalue weighted by molar-refractivity contribution is -0.385. The minimum Gasteiger partial charge on any atom is -0.369 e. The Kier molecular flexibility index (Phi) is 3.68. The van der Waals surface area contributed by atoms with E-state index in [1.807, 2.05) is 6.07 Å². The van der Waals surface area contributed by atoms with Crippen LogP contribution in [0, 0.1) is 21.4 Å². The fraction of sp³-hybridized carbons (Fsp3) is 0.182. The Hall–Kier alpha value is -2.95. The van der Waals surface area contributed by atoms with Crippen LogP contribution in [0.2, 0.25) is 0 Å². The van der Waals surface area contributed by atoms with Crippen molar-refractivity contribution < 1.29 is 4.92 Å². The van der Waals surface area contributed by atoms with Crippen LogP contribution in [0.5, 0.6) is 0 Å². The van der Waals surface area contributed by atoms with Gasteiger partial charge in [-0.25, -0.2) is 9.97 Å². The fourth-order valence-corrected chi connectivity index (χ4v) is 1.51. The van der Waals surface area contributed by atoms with Crippen molar-refractivity contribution in [3.63, 3.8) is 0 Å². The van der Waals surface area contributed by atoms with Crippen molar-refractivity contribution >= 4 is 11.5 Å². The van der Waals surface area contributed by atoms with Gasteiger partial charge >= 0.3 is 0 Å². The Balaban J connectivity index is 2.04. The van der Waals surface area contributed by atoms with Crippen molar-refractivity contribution in [3.05, 3.63) is 46.2 Å². The molecule has 8 heteroatoms. The molecule has 0 aliphatic heterocycles. The highest BCUT2D eigenvalue weighted by atomic mass is 16.6. The number of aromatic nitrogens is 3. The number of pyridine rings is 1. The van der Waals surface area contributed by atoms with Crippen LogP contribution in [0.4, 0.5) is 11.5 Å². The second-order valence-corrected chi connectivity index (χ2v) is 3.67. The van der Waals surface area contributed by atoms with E-state index >= 15 is 0 Å². The van der Waals surface area contributed by atoms with Crippen molar-refractivity contribution in [2.24, 2.45) is 0 Å². The number of hydrogen-bond acceptors (Lipinski definition) is 6. The van der Waals surface area contributed by atoms with Crippen molar-refractivity contribution in [1.82, 2.24) is 15.0 Å². The number of nitrogens with zero attached hydrogens (tertiary/aromatic N) is 4. The summed E-state index contributed by atoms with van der Waals surface area (Å²) in [6.07, 6.45) is 5.13. The van der Waals surface area contributed by atoms with Gasteiger partial charge in [0.2, 0.25) is 0 Å². The van der Waals surface area contributed by atoms with Crippen LogP contribution in [0.1, 0.15) is 11.4 Å². The Morgan fingerprint density at radius 2 is 2.37 bits per heavy atom. The first-order valence-corrected chi connectivity index (χ1v) is 5.47. The number of imidazole rings is 1. The summed E-state index contributed by atoms with van der Waals surface area (Å²) in [5.74, 6) is 1.15. The number of aromatic amines is 1. The second kappa shape index (κ2) is 5.59. The molecule has 2 aromatic rings. The number of nitro groups is 1. The van der Waals surface area contributed by atoms with Gasteiger partial charge in [0, 0.05) is 31.4 Å². The third-order valence-corrected chi connectivity index (χ3v) is 2.41. The van der Waals surface area contributed by atoms with Crippen molar-refractivity contribution in [2.45, 2.75) is 6.42 Å². The number of rotatable bonds is 5. The van der Waals surface area contributed by atoms with Crippen LogP contribution >= 0.6 is 0 Å². The van der Waals surface area contributed by atoms with Gasteiger partial charge in [-0.2, -0.15) is 5.26 Å². The van der Waals surface area contributed by atoms with Gasteiger partial charge in [0.25, 0.3) is 5.69 Å². The Morgan fingerprint density at radius 1 is 1.53 bits per heavy atom. The van der Waals surface area contributed by atoms with E-state index in [2.05, 4.69) is 20.3 Å². The lowest BCUT2D eigenvalue weighted by atomic mass is 10.2. The summed E-state index contributed by atoms with van der Waals surface area (Å²) in [4.78, 5) is 20.9. The number of nitriles is 1. The number of H-pyrrole nitrogens is 1. The Morgan fingerprint density at radius 3 is 3.00 bits per heavy atom. The maximum atomic E-state index is 10.6. The molecule has 2 rings (SSSR count). The molecular weight excluding hydrogens is 248 g/mol. The highest BCUT2D eigenvalue weighted by Crippen LogP contribution is 2.17. The number of hydrogen-bond donors (Lipinski definition) is 2. The lowest BCUT2D eigenvalue weighted by Gasteiger charge is -2.05. The lowest BCUT2D eigenvalue weighted by Crippen LogP contribution is -2.09. The van der Waals surface area contributed by atoms with Crippen LogP contribution in [-0.4, -0.2) is 26.4 Å². The first kappa shape index (κ1) is 12.5. The Bertz CT molecular complexity index is 617. The van der Waals surface area contributed by atoms with E-state index in [1.165, 1.54) is 6.07 Å². The largest absolute Gasteiger partial charge is 0.369 e. The first-order chi connectivity index (χ1) is 9.20. The van der Waals surface area contributed by atoms with Crippen molar-refractivity contribution in [1.29, 1.82) is 5.26 Å². The van der Waals surface area contributed by atoms with Gasteiger partial charge in [0.1, 0.15) is 29.5 Å². The van der Waals surface area contributed by atoms with E-state index < -0.39 is 4.92 Å². The fourth-order valence-electron chi connectivity index (χ4n) is 1.51. The molecule has 0 saturated carbocycles. The maximum absolute atomic E-state index is 10.6. The zero-order chi connectivity index (χ0) is 13.7. The van der Waals surface area contributed by atoms with Crippen LogP contribution in [-0.2, 0) is 6.42 Å². The molecule has 0 atom stereocenters. The van der Waals surface area contributed by atoms with Crippen LogP contribution in [0.3, 0.4) is 0 Å². The predicted octanol–water partition coefficient (Wildman–Crippen LogP) is 1.24. The highest BCUT2D eigenvalue weighted by Gasteiger charge is 2.11. The maximum Gasteiger partial charge on any atom is 0.289 e. The molecule has 2 aromatic heterocycles. The van der Waals surface area contributed by atoms with Gasteiger partial charge in [-0.3, -0.25) is 10.1 Å². The molecule has 0 aliphatic carbocycles. The summed E-state index contributed by atoms with van der Waals surface area (Å²) < 4.78 is 0. The molecule has 2 heterocycles. The quantitative estimate of drug-likeness (QED) is 0.614. The van der Waals surface area contributed by atoms with Crippen LogP contribution in [0.15, 0.2) is 24.7 Å². The molecule has 0 radical (unpaired) electrons. The Labute approximate surface area is 108 Å². The summed E-state index contributed by atoms with van der Waals surface area (Å²) in [7, 11) is 0. The molecule has 0 fully saturated rings. The number of anilines is 1. The van der Waals surface area contributed by atoms with E-state index in [0.29, 0.717) is 18.8 Å². The second-order valence-electron chi connectivity index (χ2n) is 3.67. The summed E-state index contributed by atoms with van der Waals surface area (Å²) >= 11 is 0. The summed E-state index contributed by atoms with van der Waals surface area (Å²) in [5, 5.41) is 22.5. The molecule has 0 aromatic carbocycles. The predicted molar refractivity (Wildman–Crippen MR) is 66.4 cm³/mol. The van der Waals surface area contributed by atoms with Gasteiger partial charge in [-0.15, -0.1) is 0 Å². The average Bonchev–Trinajstić information content (AvgIpc) is 2.92. The molecule has 0 aliphatic rings. The minimum atomic E-state index is -0.583. The smallest absolute Gasteiger partial charge is 0.289 e. The van der Waals surface area contributed by atoms with Gasteiger partial charge in [-0.05, 0) is 0 Å². The molecule has 19 heavy (non-hydrogen) atoms. The van der Waals surface area contributed by atoms with Gasteiger partial charge in [0.05, 0.1) is 4.92 Å². The average molecular weight is 258 g/mol. The summed E-state index contributed by atoms with van der Waals surface area (Å²) in [5.41, 5.74) is -0.0539. The molecular formula is C11H10N6O2. The molecule has 0 spiro atoms. The molecule has 0 saturated heterocycles. The van der Waals surface area contributed by atoms with Crippen LogP contribution in [0.25, 0.3) is 0 Å². The first-order valence-electron chi connectivity index (χ1n) is 5.47. The van der Waals surface area contributed by atoms with Gasteiger partial charge < -0.3 is 10.3 Å². The van der Waals surface area contributed by atoms with E-state index in [9.17, 15) is 10.1 Å². The van der Waals surface area contributed by atoms with Crippen molar-refractivity contribution in [2.75, 3.05) is 11.9 Å². The van der Waals surface area contributed by atoms with Crippen LogP contribution < -0.4 is 5.32 Å². The molecule has 8 nitrogen and oxygen atoms in total. The highest BCUT2D eigenvalue weighted by molar-refractivity contribution is 5.55. The van der Waals surface area contributed by atoms with Gasteiger partial charge in [-0.1, -0.05) is 0 Å². The zero-order valence-corrected chi connectivity index (χ0v) is 9.83. The molecule has 96 valence electrons. The van der Waals surface area contributed by atoms with E-state index in [1.54, 1.807) is 12.4 Å². The topological polar surface area (TPSA) is 121 Å². The normalized spacial score (nSPS) is 9.84. The molecule has 0 unspecified atom stereocenters. The van der Waals surface area contributed by atoms with Gasteiger partial charge in [0.15, 0.2) is 0 Å². The molecule has 0 amide bonds. The zero-order valence-electron chi connectivity index (χ0n) is 9.83. The third-order valence-electron chi connectivity index (χ3n) is 2.41. The minimum absolute atomic E-state index is 0.147. The van der Waals surface area contributed by atoms with E-state index in [-0.39, 0.29) is 11.3 Å². The SMILES string of the molecule is N#Cc1cc([N+](=O)[O-])cnc1NCCc1ncc[nH]1. The molecule has 0 bridgehead atoms. The number of nitrogens with one attached hydrogen (secondary N) is 2. The molecule has 2 N–H and O–H groups in total. The summed E-state index contributed by atoms with van der Waals surface area (Å²) in [6.45, 7) is 0.521. The van der Waals surface area contributed by atoms with E-state index in [4.69, 9.17) is 5.26 Å². The monoisotopic (exact) mass is 258 g/mol. The van der Waals surface area contributed by atoms with E-state index in [0.717, 1.165) is 12.0 Å². The summed E-state index contributed by atoms with van der Waals surface area (Å²) in [6, 6.07) is 3.08. The van der Waals surface area contributed by atoms with Crippen molar-refractivity contribution in [3.8, 4) is 6.07 Å².